The number of nitrogens with zero attached hydrogens (tertiary/aromatic N) is 4. The summed E-state index contributed by atoms with van der Waals surface area (Å²) in [6, 6.07) is 7.87. The van der Waals surface area contributed by atoms with Crippen LogP contribution < -0.4 is 15.4 Å². The van der Waals surface area contributed by atoms with Crippen molar-refractivity contribution in [3.05, 3.63) is 36.0 Å². The predicted octanol–water partition coefficient (Wildman–Crippen LogP) is 3.65. The van der Waals surface area contributed by atoms with E-state index in [1.54, 1.807) is 22.6 Å². The largest absolute Gasteiger partial charge is 0.484 e. The number of nitrogens with one attached hydrogen (secondary N) is 2. The third-order valence-electron chi connectivity index (χ3n) is 4.34. The highest BCUT2D eigenvalue weighted by atomic mass is 32.2. The highest BCUT2D eigenvalue weighted by Gasteiger charge is 2.15. The fourth-order valence-electron chi connectivity index (χ4n) is 2.96. The molecular weight excluding hydrogens is 412 g/mol. The first-order valence-corrected chi connectivity index (χ1v) is 11.3. The van der Waals surface area contributed by atoms with E-state index >= 15 is 0 Å². The zero-order chi connectivity index (χ0) is 22.4. The van der Waals surface area contributed by atoms with Gasteiger partial charge in [0.1, 0.15) is 11.6 Å². The molecule has 0 radical (unpaired) electrons. The molecule has 2 N–H and O–H groups in total. The van der Waals surface area contributed by atoms with Crippen LogP contribution >= 0.6 is 11.8 Å². The Labute approximate surface area is 187 Å². The van der Waals surface area contributed by atoms with Crippen LogP contribution in [0.5, 0.6) is 5.75 Å². The minimum atomic E-state index is -0.174. The summed E-state index contributed by atoms with van der Waals surface area (Å²) in [7, 11) is 0. The number of hydrogen-bond donors (Lipinski definition) is 2. The number of aryl methyl sites for hydroxylation is 1. The minimum absolute atomic E-state index is 0.0233. The number of thioether (sulfide) groups is 1. The Morgan fingerprint density at radius 2 is 1.97 bits per heavy atom. The topological polar surface area (TPSA) is 94.0 Å². The minimum Gasteiger partial charge on any atom is -0.484 e. The summed E-state index contributed by atoms with van der Waals surface area (Å²) in [5.74, 6) is 1.32. The van der Waals surface area contributed by atoms with Gasteiger partial charge in [-0.1, -0.05) is 43.8 Å². The van der Waals surface area contributed by atoms with Gasteiger partial charge in [0.05, 0.1) is 18.1 Å². The number of carbonyl (C=O) groups excluding carboxylic acids is 1. The number of fused-ring (bicyclic) bond motifs is 1. The Bertz CT molecular complexity index is 1030. The van der Waals surface area contributed by atoms with Crippen molar-refractivity contribution in [3.63, 3.8) is 0 Å². The summed E-state index contributed by atoms with van der Waals surface area (Å²) in [5.41, 5.74) is 1.76. The highest BCUT2D eigenvalue weighted by molar-refractivity contribution is 7.99. The SMILES string of the molecule is Cc1ccccc1OCC(=O)NCCn1ncc2c(NC(C)C)nc(SC(C)C)nc21. The first-order valence-electron chi connectivity index (χ1n) is 10.5. The lowest BCUT2D eigenvalue weighted by Gasteiger charge is -2.13. The Hall–Kier alpha value is -2.81. The Morgan fingerprint density at radius 1 is 1.19 bits per heavy atom. The van der Waals surface area contributed by atoms with Gasteiger partial charge in [0.2, 0.25) is 0 Å². The summed E-state index contributed by atoms with van der Waals surface area (Å²) >= 11 is 1.61. The van der Waals surface area contributed by atoms with E-state index in [1.165, 1.54) is 0 Å². The second-order valence-corrected chi connectivity index (χ2v) is 9.37. The smallest absolute Gasteiger partial charge is 0.258 e. The van der Waals surface area contributed by atoms with Gasteiger partial charge in [0, 0.05) is 17.8 Å². The fourth-order valence-corrected chi connectivity index (χ4v) is 3.66. The molecule has 0 aliphatic heterocycles. The van der Waals surface area contributed by atoms with Crippen molar-refractivity contribution in [2.45, 2.75) is 57.6 Å². The summed E-state index contributed by atoms with van der Waals surface area (Å²) < 4.78 is 7.40. The molecule has 0 saturated carbocycles. The molecule has 3 aromatic rings. The summed E-state index contributed by atoms with van der Waals surface area (Å²) in [5, 5.41) is 12.7. The molecule has 166 valence electrons. The van der Waals surface area contributed by atoms with Gasteiger partial charge in [0.25, 0.3) is 5.91 Å². The maximum absolute atomic E-state index is 12.2. The van der Waals surface area contributed by atoms with Crippen molar-refractivity contribution in [2.24, 2.45) is 0 Å². The second kappa shape index (κ2) is 10.5. The van der Waals surface area contributed by atoms with E-state index in [-0.39, 0.29) is 18.6 Å². The molecule has 1 amide bonds. The first kappa shape index (κ1) is 22.9. The fraction of sp³-hybridized carbons (Fsp3) is 0.455. The first-order chi connectivity index (χ1) is 14.8. The molecule has 0 saturated heterocycles. The zero-order valence-electron chi connectivity index (χ0n) is 18.7. The average Bonchev–Trinajstić information content (AvgIpc) is 3.10. The molecule has 9 heteroatoms. The van der Waals surface area contributed by atoms with E-state index < -0.39 is 0 Å². The van der Waals surface area contributed by atoms with Gasteiger partial charge < -0.3 is 15.4 Å². The van der Waals surface area contributed by atoms with E-state index in [1.807, 2.05) is 31.2 Å². The van der Waals surface area contributed by atoms with Gasteiger partial charge in [0.15, 0.2) is 17.4 Å². The molecule has 0 bridgehead atoms. The molecule has 3 rings (SSSR count). The quantitative estimate of drug-likeness (QED) is 0.366. The Kier molecular flexibility index (Phi) is 7.73. The van der Waals surface area contributed by atoms with Gasteiger partial charge in [-0.3, -0.25) is 4.79 Å². The van der Waals surface area contributed by atoms with Crippen LogP contribution in [0.1, 0.15) is 33.3 Å². The molecule has 0 spiro atoms. The van der Waals surface area contributed by atoms with Crippen LogP contribution in [0.4, 0.5) is 5.82 Å². The summed E-state index contributed by atoms with van der Waals surface area (Å²) in [4.78, 5) is 21.5. The Balaban J connectivity index is 1.64. The number of hydrogen-bond acceptors (Lipinski definition) is 7. The van der Waals surface area contributed by atoms with E-state index in [0.717, 1.165) is 22.4 Å². The normalized spacial score (nSPS) is 11.3. The van der Waals surface area contributed by atoms with Crippen molar-refractivity contribution in [3.8, 4) is 5.75 Å². The van der Waals surface area contributed by atoms with Crippen LogP contribution in [-0.2, 0) is 11.3 Å². The third kappa shape index (κ3) is 6.33. The van der Waals surface area contributed by atoms with Crippen molar-refractivity contribution < 1.29 is 9.53 Å². The molecule has 2 aromatic heterocycles. The number of ether oxygens (including phenoxy) is 1. The highest BCUT2D eigenvalue weighted by Crippen LogP contribution is 2.26. The molecule has 0 atom stereocenters. The van der Waals surface area contributed by atoms with E-state index in [9.17, 15) is 4.79 Å². The number of anilines is 1. The van der Waals surface area contributed by atoms with Crippen molar-refractivity contribution >= 4 is 34.5 Å². The lowest BCUT2D eigenvalue weighted by molar-refractivity contribution is -0.123. The number of carbonyl (C=O) groups is 1. The third-order valence-corrected chi connectivity index (χ3v) is 5.21. The van der Waals surface area contributed by atoms with Crippen molar-refractivity contribution in [1.29, 1.82) is 0 Å². The van der Waals surface area contributed by atoms with Gasteiger partial charge in [-0.15, -0.1) is 0 Å². The number of amides is 1. The monoisotopic (exact) mass is 442 g/mol. The molecular formula is C22H30N6O2S. The van der Waals surface area contributed by atoms with Crippen LogP contribution in [0.15, 0.2) is 35.6 Å². The van der Waals surface area contributed by atoms with Crippen LogP contribution in [0.3, 0.4) is 0 Å². The number of rotatable bonds is 10. The maximum Gasteiger partial charge on any atom is 0.258 e. The van der Waals surface area contributed by atoms with Crippen LogP contribution in [-0.4, -0.2) is 50.1 Å². The molecule has 0 unspecified atom stereocenters. The number of para-hydroxylation sites is 1. The van der Waals surface area contributed by atoms with Crippen LogP contribution in [0.25, 0.3) is 11.0 Å². The van der Waals surface area contributed by atoms with E-state index in [0.29, 0.717) is 29.2 Å². The van der Waals surface area contributed by atoms with Crippen LogP contribution in [0.2, 0.25) is 0 Å². The van der Waals surface area contributed by atoms with Crippen LogP contribution in [0, 0.1) is 6.92 Å². The summed E-state index contributed by atoms with van der Waals surface area (Å²) in [6.07, 6.45) is 1.77. The van der Waals surface area contributed by atoms with Crippen molar-refractivity contribution in [1.82, 2.24) is 25.1 Å². The maximum atomic E-state index is 12.2. The van der Waals surface area contributed by atoms with Gasteiger partial charge >= 0.3 is 0 Å². The van der Waals surface area contributed by atoms with Gasteiger partial charge in [-0.25, -0.2) is 14.6 Å². The second-order valence-electron chi connectivity index (χ2n) is 7.83. The standard InChI is InChI=1S/C22H30N6O2S/c1-14(2)25-20-17-12-24-28(21(17)27-22(26-20)31-15(3)4)11-10-23-19(29)13-30-18-9-7-6-8-16(18)5/h6-9,12,14-15H,10-11,13H2,1-5H3,(H,23,29)(H,25,26,27). The molecule has 2 heterocycles. The Morgan fingerprint density at radius 3 is 2.68 bits per heavy atom. The molecule has 0 aliphatic rings. The predicted molar refractivity (Wildman–Crippen MR) is 125 cm³/mol. The van der Waals surface area contributed by atoms with E-state index in [4.69, 9.17) is 9.72 Å². The van der Waals surface area contributed by atoms with Crippen molar-refractivity contribution in [2.75, 3.05) is 18.5 Å². The lowest BCUT2D eigenvalue weighted by Crippen LogP contribution is -2.31. The number of aromatic nitrogens is 4. The molecule has 0 aliphatic carbocycles. The van der Waals surface area contributed by atoms with E-state index in [2.05, 4.69) is 48.4 Å². The zero-order valence-corrected chi connectivity index (χ0v) is 19.5. The van der Waals surface area contributed by atoms with Gasteiger partial charge in [-0.05, 0) is 32.4 Å². The summed E-state index contributed by atoms with van der Waals surface area (Å²) in [6.45, 7) is 11.2. The lowest BCUT2D eigenvalue weighted by atomic mass is 10.2. The molecule has 8 nitrogen and oxygen atoms in total. The molecule has 31 heavy (non-hydrogen) atoms. The molecule has 1 aromatic carbocycles. The average molecular weight is 443 g/mol. The van der Waals surface area contributed by atoms with Gasteiger partial charge in [-0.2, -0.15) is 5.10 Å². The number of benzene rings is 1. The molecule has 0 fully saturated rings.